The van der Waals surface area contributed by atoms with E-state index in [0.717, 1.165) is 49.8 Å². The molecule has 10 rings (SSSR count). The Labute approximate surface area is 264 Å². The summed E-state index contributed by atoms with van der Waals surface area (Å²) >= 11 is 0. The highest BCUT2D eigenvalue weighted by Gasteiger charge is 2.25. The second-order valence-corrected chi connectivity index (χ2v) is 12.0. The Morgan fingerprint density at radius 3 is 1.43 bits per heavy atom. The van der Waals surface area contributed by atoms with Gasteiger partial charge in [-0.25, -0.2) is 0 Å². The van der Waals surface area contributed by atoms with Gasteiger partial charge in [-0.1, -0.05) is 140 Å². The highest BCUT2D eigenvalue weighted by atomic mass is 16.3. The third-order valence-electron chi connectivity index (χ3n) is 9.47. The number of hydrogen-bond donors (Lipinski definition) is 0. The van der Waals surface area contributed by atoms with Gasteiger partial charge >= 0.3 is 0 Å². The summed E-state index contributed by atoms with van der Waals surface area (Å²) in [5.74, 6) is 0.888. The quantitative estimate of drug-likeness (QED) is 0.193. The molecule has 0 aliphatic heterocycles. The number of rotatable bonds is 3. The van der Waals surface area contributed by atoms with Crippen LogP contribution in [0.15, 0.2) is 167 Å². The standard InChI is InChI=1S/C44H26O2/c1-2-14-27(15-3-1)44-43(35-23-11-13-25-38(35)46-44)42-32-20-8-6-18-30(32)40(31-19-7-9-21-33(31)42)36-26-39-41(29-17-5-4-16-28(29)36)34-22-10-12-24-37(34)45-39/h1-26H. The first-order valence-electron chi connectivity index (χ1n) is 15.7. The summed E-state index contributed by atoms with van der Waals surface area (Å²) in [6.07, 6.45) is 0. The molecule has 0 radical (unpaired) electrons. The summed E-state index contributed by atoms with van der Waals surface area (Å²) in [6, 6.07) is 55.9. The van der Waals surface area contributed by atoms with Gasteiger partial charge in [0.1, 0.15) is 22.5 Å². The van der Waals surface area contributed by atoms with Crippen molar-refractivity contribution in [2.75, 3.05) is 0 Å². The smallest absolute Gasteiger partial charge is 0.143 e. The summed E-state index contributed by atoms with van der Waals surface area (Å²) in [5.41, 5.74) is 8.45. The van der Waals surface area contributed by atoms with Crippen molar-refractivity contribution in [2.45, 2.75) is 0 Å². The minimum absolute atomic E-state index is 0.884. The van der Waals surface area contributed by atoms with Crippen molar-refractivity contribution in [3.63, 3.8) is 0 Å². The summed E-state index contributed by atoms with van der Waals surface area (Å²) in [4.78, 5) is 0. The van der Waals surface area contributed by atoms with E-state index in [1.807, 2.05) is 12.1 Å². The molecule has 0 aliphatic rings. The van der Waals surface area contributed by atoms with Gasteiger partial charge in [-0.15, -0.1) is 0 Å². The maximum atomic E-state index is 6.67. The third-order valence-corrected chi connectivity index (χ3v) is 9.47. The van der Waals surface area contributed by atoms with Crippen molar-refractivity contribution in [1.82, 2.24) is 0 Å². The second-order valence-electron chi connectivity index (χ2n) is 12.0. The van der Waals surface area contributed by atoms with Crippen molar-refractivity contribution >= 4 is 65.2 Å². The van der Waals surface area contributed by atoms with E-state index in [9.17, 15) is 0 Å². The average molecular weight is 587 g/mol. The van der Waals surface area contributed by atoms with E-state index >= 15 is 0 Å². The molecule has 46 heavy (non-hydrogen) atoms. The van der Waals surface area contributed by atoms with Crippen LogP contribution in [0.1, 0.15) is 0 Å². The van der Waals surface area contributed by atoms with E-state index in [1.165, 1.54) is 49.0 Å². The highest BCUT2D eigenvalue weighted by molar-refractivity contribution is 6.29. The van der Waals surface area contributed by atoms with Crippen LogP contribution >= 0.6 is 0 Å². The first kappa shape index (κ1) is 25.2. The van der Waals surface area contributed by atoms with Crippen molar-refractivity contribution in [3.8, 4) is 33.6 Å². The molecule has 2 heterocycles. The van der Waals surface area contributed by atoms with Crippen LogP contribution in [-0.2, 0) is 0 Å². The van der Waals surface area contributed by atoms with Gasteiger partial charge in [0.15, 0.2) is 0 Å². The maximum absolute atomic E-state index is 6.67. The maximum Gasteiger partial charge on any atom is 0.143 e. The summed E-state index contributed by atoms with van der Waals surface area (Å²) in [7, 11) is 0. The van der Waals surface area contributed by atoms with E-state index in [1.54, 1.807) is 0 Å². The van der Waals surface area contributed by atoms with Gasteiger partial charge in [0, 0.05) is 32.8 Å². The fraction of sp³-hybridized carbons (Fsp3) is 0. The Balaban J connectivity index is 1.39. The lowest BCUT2D eigenvalue weighted by molar-refractivity contribution is 0.632. The number of benzene rings is 8. The van der Waals surface area contributed by atoms with E-state index in [2.05, 4.69) is 146 Å². The zero-order valence-corrected chi connectivity index (χ0v) is 24.8. The Bertz CT molecular complexity index is 2740. The lowest BCUT2D eigenvalue weighted by Gasteiger charge is -2.19. The lowest BCUT2D eigenvalue weighted by Crippen LogP contribution is -1.92. The predicted molar refractivity (Wildman–Crippen MR) is 192 cm³/mol. The van der Waals surface area contributed by atoms with E-state index in [4.69, 9.17) is 8.83 Å². The summed E-state index contributed by atoms with van der Waals surface area (Å²) in [5, 5.41) is 10.6. The molecular weight excluding hydrogens is 560 g/mol. The van der Waals surface area contributed by atoms with Crippen LogP contribution in [0.25, 0.3) is 98.8 Å². The second kappa shape index (κ2) is 9.69. The van der Waals surface area contributed by atoms with Crippen LogP contribution in [0.4, 0.5) is 0 Å². The molecule has 0 atom stereocenters. The number of para-hydroxylation sites is 2. The molecule has 0 N–H and O–H groups in total. The number of furan rings is 2. The monoisotopic (exact) mass is 586 g/mol. The van der Waals surface area contributed by atoms with Crippen LogP contribution in [0, 0.1) is 0 Å². The Kier molecular flexibility index (Phi) is 5.31. The molecule has 2 heteroatoms. The third kappa shape index (κ3) is 3.53. The van der Waals surface area contributed by atoms with Crippen molar-refractivity contribution < 1.29 is 8.83 Å². The molecule has 2 aromatic heterocycles. The van der Waals surface area contributed by atoms with Gasteiger partial charge in [0.2, 0.25) is 0 Å². The fourth-order valence-electron chi connectivity index (χ4n) is 7.57. The predicted octanol–water partition coefficient (Wildman–Crippen LogP) is 12.8. The Morgan fingerprint density at radius 1 is 0.304 bits per heavy atom. The van der Waals surface area contributed by atoms with Gasteiger partial charge in [0.05, 0.1) is 0 Å². The Morgan fingerprint density at radius 2 is 0.783 bits per heavy atom. The number of hydrogen-bond acceptors (Lipinski definition) is 2. The van der Waals surface area contributed by atoms with Gasteiger partial charge in [-0.2, -0.15) is 0 Å². The van der Waals surface area contributed by atoms with Crippen molar-refractivity contribution in [3.05, 3.63) is 158 Å². The fourth-order valence-corrected chi connectivity index (χ4v) is 7.57. The molecule has 0 amide bonds. The van der Waals surface area contributed by atoms with Crippen LogP contribution in [0.3, 0.4) is 0 Å². The molecule has 214 valence electrons. The molecule has 0 saturated heterocycles. The van der Waals surface area contributed by atoms with E-state index in [-0.39, 0.29) is 0 Å². The van der Waals surface area contributed by atoms with Crippen molar-refractivity contribution in [2.24, 2.45) is 0 Å². The lowest BCUT2D eigenvalue weighted by atomic mass is 9.83. The molecular formula is C44H26O2. The van der Waals surface area contributed by atoms with Crippen molar-refractivity contribution in [1.29, 1.82) is 0 Å². The van der Waals surface area contributed by atoms with Gasteiger partial charge in [-0.3, -0.25) is 0 Å². The van der Waals surface area contributed by atoms with Crippen LogP contribution < -0.4 is 0 Å². The molecule has 0 aliphatic carbocycles. The normalized spacial score (nSPS) is 11.9. The molecule has 0 saturated carbocycles. The molecule has 8 aromatic carbocycles. The number of fused-ring (bicyclic) bond motifs is 8. The zero-order valence-electron chi connectivity index (χ0n) is 24.8. The van der Waals surface area contributed by atoms with Crippen LogP contribution in [0.2, 0.25) is 0 Å². The van der Waals surface area contributed by atoms with Gasteiger partial charge in [0.25, 0.3) is 0 Å². The van der Waals surface area contributed by atoms with Gasteiger partial charge < -0.3 is 8.83 Å². The van der Waals surface area contributed by atoms with E-state index in [0.29, 0.717) is 0 Å². The molecule has 0 unspecified atom stereocenters. The Hall–Kier alpha value is -6.12. The first-order valence-corrected chi connectivity index (χ1v) is 15.7. The van der Waals surface area contributed by atoms with Crippen LogP contribution in [0.5, 0.6) is 0 Å². The zero-order chi connectivity index (χ0) is 30.2. The van der Waals surface area contributed by atoms with Crippen LogP contribution in [-0.4, -0.2) is 0 Å². The van der Waals surface area contributed by atoms with E-state index < -0.39 is 0 Å². The molecule has 0 bridgehead atoms. The minimum atomic E-state index is 0.884. The summed E-state index contributed by atoms with van der Waals surface area (Å²) < 4.78 is 13.2. The average Bonchev–Trinajstić information content (AvgIpc) is 3.69. The molecule has 10 aromatic rings. The SMILES string of the molecule is c1ccc(-c2oc3ccccc3c2-c2c3ccccc3c(-c3cc4oc5ccccc5c4c4ccccc34)c3ccccc23)cc1. The molecule has 2 nitrogen and oxygen atoms in total. The largest absolute Gasteiger partial charge is 0.456 e. The molecule has 0 spiro atoms. The first-order chi connectivity index (χ1) is 22.8. The summed E-state index contributed by atoms with van der Waals surface area (Å²) in [6.45, 7) is 0. The highest BCUT2D eigenvalue weighted by Crippen LogP contribution is 2.51. The minimum Gasteiger partial charge on any atom is -0.456 e. The van der Waals surface area contributed by atoms with Gasteiger partial charge in [-0.05, 0) is 61.6 Å². The molecule has 0 fully saturated rings. The topological polar surface area (TPSA) is 26.3 Å².